The number of hydrogen-bond acceptors (Lipinski definition) is 6. The zero-order valence-electron chi connectivity index (χ0n) is 10.2. The van der Waals surface area contributed by atoms with E-state index in [9.17, 15) is 0 Å². The molecule has 6 heteroatoms. The van der Waals surface area contributed by atoms with Gasteiger partial charge in [0.25, 0.3) is 0 Å². The third-order valence-electron chi connectivity index (χ3n) is 2.49. The first-order valence-electron chi connectivity index (χ1n) is 5.54. The molecule has 0 aliphatic heterocycles. The molecule has 0 bridgehead atoms. The number of nitrogens with zero attached hydrogens (tertiary/aromatic N) is 2. The molecule has 18 heavy (non-hydrogen) atoms. The highest BCUT2D eigenvalue weighted by atomic mass is 32.2. The molecular weight excluding hydrogens is 266 g/mol. The molecule has 2 N–H and O–H groups in total. The zero-order chi connectivity index (χ0) is 13.0. The molecule has 1 heterocycles. The molecular formula is C12H15N3OS2. The number of benzene rings is 1. The van der Waals surface area contributed by atoms with Crippen molar-refractivity contribution in [2.45, 2.75) is 22.6 Å². The first kappa shape index (κ1) is 13.3. The normalized spacial score (nSPS) is 14.2. The van der Waals surface area contributed by atoms with E-state index >= 15 is 0 Å². The SMILES string of the molecule is COc1ccccc1C(Sc1ncns1)C(C)N. The number of thioether (sulfide) groups is 1. The minimum Gasteiger partial charge on any atom is -0.496 e. The van der Waals surface area contributed by atoms with Crippen molar-refractivity contribution in [1.82, 2.24) is 9.36 Å². The second-order valence-electron chi connectivity index (χ2n) is 3.85. The molecule has 0 spiro atoms. The van der Waals surface area contributed by atoms with E-state index in [-0.39, 0.29) is 11.3 Å². The summed E-state index contributed by atoms with van der Waals surface area (Å²) >= 11 is 3.01. The minimum absolute atomic E-state index is 0.00444. The van der Waals surface area contributed by atoms with Gasteiger partial charge in [0.1, 0.15) is 12.1 Å². The van der Waals surface area contributed by atoms with E-state index < -0.39 is 0 Å². The summed E-state index contributed by atoms with van der Waals surface area (Å²) in [5, 5.41) is 0.106. The number of nitrogens with two attached hydrogens (primary N) is 1. The van der Waals surface area contributed by atoms with Crippen molar-refractivity contribution in [3.63, 3.8) is 0 Å². The Morgan fingerprint density at radius 3 is 2.78 bits per heavy atom. The van der Waals surface area contributed by atoms with E-state index in [1.807, 2.05) is 31.2 Å². The third-order valence-corrected chi connectivity index (χ3v) is 4.71. The van der Waals surface area contributed by atoms with Crippen LogP contribution >= 0.6 is 23.3 Å². The van der Waals surface area contributed by atoms with Gasteiger partial charge in [0.2, 0.25) is 0 Å². The second kappa shape index (κ2) is 6.17. The Labute approximate surface area is 115 Å². The molecule has 0 fully saturated rings. The number of para-hydroxylation sites is 1. The van der Waals surface area contributed by atoms with Crippen molar-refractivity contribution in [3.8, 4) is 5.75 Å². The van der Waals surface area contributed by atoms with Gasteiger partial charge in [-0.1, -0.05) is 30.0 Å². The maximum absolute atomic E-state index is 6.09. The summed E-state index contributed by atoms with van der Waals surface area (Å²) < 4.78 is 10.3. The van der Waals surface area contributed by atoms with Crippen LogP contribution in [0, 0.1) is 0 Å². The fraction of sp³-hybridized carbons (Fsp3) is 0.333. The average Bonchev–Trinajstić information content (AvgIpc) is 2.88. The summed E-state index contributed by atoms with van der Waals surface area (Å²) in [7, 11) is 1.67. The van der Waals surface area contributed by atoms with E-state index in [2.05, 4.69) is 9.36 Å². The van der Waals surface area contributed by atoms with Crippen molar-refractivity contribution >= 4 is 23.3 Å². The molecule has 1 aromatic carbocycles. The number of rotatable bonds is 5. The predicted octanol–water partition coefficient (Wildman–Crippen LogP) is 2.73. The van der Waals surface area contributed by atoms with E-state index in [0.29, 0.717) is 0 Å². The van der Waals surface area contributed by atoms with Gasteiger partial charge in [0, 0.05) is 11.6 Å². The first-order chi connectivity index (χ1) is 8.72. The van der Waals surface area contributed by atoms with Crippen LogP contribution in [0.25, 0.3) is 0 Å². The number of methoxy groups -OCH3 is 1. The quantitative estimate of drug-likeness (QED) is 0.854. The van der Waals surface area contributed by atoms with E-state index in [1.54, 1.807) is 25.2 Å². The number of aromatic nitrogens is 2. The van der Waals surface area contributed by atoms with Gasteiger partial charge in [-0.05, 0) is 24.5 Å². The highest BCUT2D eigenvalue weighted by molar-refractivity contribution is 8.01. The fourth-order valence-corrected chi connectivity index (χ4v) is 3.43. The van der Waals surface area contributed by atoms with Gasteiger partial charge in [0.05, 0.1) is 12.4 Å². The molecule has 1 aromatic heterocycles. The lowest BCUT2D eigenvalue weighted by atomic mass is 10.1. The van der Waals surface area contributed by atoms with Crippen LogP contribution in [0.2, 0.25) is 0 Å². The van der Waals surface area contributed by atoms with Gasteiger partial charge in [-0.3, -0.25) is 0 Å². The highest BCUT2D eigenvalue weighted by Gasteiger charge is 2.22. The zero-order valence-corrected chi connectivity index (χ0v) is 11.9. The van der Waals surface area contributed by atoms with Crippen molar-refractivity contribution in [3.05, 3.63) is 36.2 Å². The summed E-state index contributed by atoms with van der Waals surface area (Å²) in [6.07, 6.45) is 1.56. The Morgan fingerprint density at radius 1 is 1.39 bits per heavy atom. The Hall–Kier alpha value is -1.11. The molecule has 2 aromatic rings. The van der Waals surface area contributed by atoms with Crippen LogP contribution in [-0.4, -0.2) is 22.5 Å². The fourth-order valence-electron chi connectivity index (χ4n) is 1.68. The minimum atomic E-state index is -0.00444. The maximum Gasteiger partial charge on any atom is 0.170 e. The Bertz CT molecular complexity index is 488. The molecule has 96 valence electrons. The Morgan fingerprint density at radius 2 is 2.17 bits per heavy atom. The maximum atomic E-state index is 6.09. The molecule has 0 saturated carbocycles. The Kier molecular flexibility index (Phi) is 4.57. The van der Waals surface area contributed by atoms with Gasteiger partial charge >= 0.3 is 0 Å². The van der Waals surface area contributed by atoms with Crippen LogP contribution in [0.1, 0.15) is 17.7 Å². The van der Waals surface area contributed by atoms with Gasteiger partial charge in [-0.15, -0.1) is 0 Å². The van der Waals surface area contributed by atoms with Crippen LogP contribution in [0.3, 0.4) is 0 Å². The second-order valence-corrected chi connectivity index (χ2v) is 6.02. The molecule has 4 nitrogen and oxygen atoms in total. The largest absolute Gasteiger partial charge is 0.496 e. The third kappa shape index (κ3) is 3.01. The van der Waals surface area contributed by atoms with Gasteiger partial charge in [0.15, 0.2) is 4.34 Å². The molecule has 0 radical (unpaired) electrons. The van der Waals surface area contributed by atoms with Crippen LogP contribution in [0.4, 0.5) is 0 Å². The van der Waals surface area contributed by atoms with Gasteiger partial charge in [-0.25, -0.2) is 4.98 Å². The monoisotopic (exact) mass is 281 g/mol. The topological polar surface area (TPSA) is 61.0 Å². The number of hydrogen-bond donors (Lipinski definition) is 1. The molecule has 2 atom stereocenters. The van der Waals surface area contributed by atoms with Crippen molar-refractivity contribution in [2.75, 3.05) is 7.11 Å². The standard InChI is InChI=1S/C12H15N3OS2/c1-8(13)11(17-12-14-7-15-18-12)9-5-3-4-6-10(9)16-2/h3-8,11H,13H2,1-2H3. The molecule has 2 unspecified atom stereocenters. The van der Waals surface area contributed by atoms with E-state index in [4.69, 9.17) is 10.5 Å². The summed E-state index contributed by atoms with van der Waals surface area (Å²) in [4.78, 5) is 4.19. The predicted molar refractivity (Wildman–Crippen MR) is 75.2 cm³/mol. The first-order valence-corrected chi connectivity index (χ1v) is 7.19. The van der Waals surface area contributed by atoms with Crippen molar-refractivity contribution in [1.29, 1.82) is 0 Å². The van der Waals surface area contributed by atoms with Gasteiger partial charge < -0.3 is 10.5 Å². The van der Waals surface area contributed by atoms with Crippen molar-refractivity contribution < 1.29 is 4.74 Å². The molecule has 2 rings (SSSR count). The molecule has 0 aliphatic rings. The van der Waals surface area contributed by atoms with E-state index in [1.165, 1.54) is 11.5 Å². The van der Waals surface area contributed by atoms with Crippen LogP contribution in [-0.2, 0) is 0 Å². The van der Waals surface area contributed by atoms with Gasteiger partial charge in [-0.2, -0.15) is 4.37 Å². The molecule has 0 amide bonds. The highest BCUT2D eigenvalue weighted by Crippen LogP contribution is 2.41. The van der Waals surface area contributed by atoms with E-state index in [0.717, 1.165) is 15.7 Å². The Balaban J connectivity index is 2.29. The average molecular weight is 281 g/mol. The summed E-state index contributed by atoms with van der Waals surface area (Å²) in [6, 6.07) is 7.94. The van der Waals surface area contributed by atoms with Crippen LogP contribution in [0.15, 0.2) is 34.9 Å². The lowest BCUT2D eigenvalue weighted by Gasteiger charge is -2.21. The summed E-state index contributed by atoms with van der Waals surface area (Å²) in [6.45, 7) is 1.99. The smallest absolute Gasteiger partial charge is 0.170 e. The number of ether oxygens (including phenoxy) is 1. The summed E-state index contributed by atoms with van der Waals surface area (Å²) in [5.74, 6) is 0.858. The lowest BCUT2D eigenvalue weighted by Crippen LogP contribution is -2.23. The molecule has 0 aliphatic carbocycles. The molecule has 0 saturated heterocycles. The van der Waals surface area contributed by atoms with Crippen molar-refractivity contribution in [2.24, 2.45) is 5.73 Å². The van der Waals surface area contributed by atoms with Crippen LogP contribution < -0.4 is 10.5 Å². The summed E-state index contributed by atoms with van der Waals surface area (Å²) in [5.41, 5.74) is 7.18. The lowest BCUT2D eigenvalue weighted by molar-refractivity contribution is 0.408. The van der Waals surface area contributed by atoms with Crippen LogP contribution in [0.5, 0.6) is 5.75 Å².